The topological polar surface area (TPSA) is 69.4 Å². The summed E-state index contributed by atoms with van der Waals surface area (Å²) in [5.74, 6) is 3.59. The van der Waals surface area contributed by atoms with Gasteiger partial charge in [-0.15, -0.1) is 12.4 Å². The lowest BCUT2D eigenvalue weighted by Gasteiger charge is -2.28. The molecule has 0 saturated carbocycles. The van der Waals surface area contributed by atoms with Gasteiger partial charge < -0.3 is 19.3 Å². The number of fused-ring (bicyclic) bond motifs is 2. The highest BCUT2D eigenvalue weighted by Crippen LogP contribution is 2.33. The third-order valence-electron chi connectivity index (χ3n) is 5.35. The summed E-state index contributed by atoms with van der Waals surface area (Å²) < 4.78 is 16.1. The molecule has 6 nitrogen and oxygen atoms in total. The van der Waals surface area contributed by atoms with Gasteiger partial charge in [-0.05, 0) is 49.3 Å². The normalized spacial score (nSPS) is 24.2. The Labute approximate surface area is 160 Å². The lowest BCUT2D eigenvalue weighted by molar-refractivity contribution is 0.270. The fraction of sp³-hybridized carbons (Fsp3) is 0.579. The van der Waals surface area contributed by atoms with E-state index in [9.17, 15) is 0 Å². The highest BCUT2D eigenvalue weighted by Gasteiger charge is 2.34. The molecule has 0 amide bonds. The van der Waals surface area contributed by atoms with Crippen molar-refractivity contribution in [1.29, 1.82) is 0 Å². The second-order valence-electron chi connectivity index (χ2n) is 7.15. The second kappa shape index (κ2) is 8.27. The van der Waals surface area contributed by atoms with Crippen molar-refractivity contribution in [2.24, 2.45) is 5.92 Å². The number of hydrogen-bond donors (Lipinski definition) is 1. The SMILES string of the molecule is COc1ccc(Cc2noc(CC3CC4CCC(C3)N4)n2)cc1OC.Cl. The van der Waals surface area contributed by atoms with Crippen LogP contribution in [-0.4, -0.2) is 36.4 Å². The molecule has 2 atom stereocenters. The van der Waals surface area contributed by atoms with Gasteiger partial charge in [-0.2, -0.15) is 4.98 Å². The Balaban J connectivity index is 0.00000196. The largest absolute Gasteiger partial charge is 0.493 e. The van der Waals surface area contributed by atoms with E-state index in [0.29, 0.717) is 30.2 Å². The molecule has 7 heteroatoms. The average molecular weight is 380 g/mol. The Morgan fingerprint density at radius 2 is 1.85 bits per heavy atom. The molecule has 2 fully saturated rings. The number of piperidine rings is 1. The summed E-state index contributed by atoms with van der Waals surface area (Å²) in [5.41, 5.74) is 1.07. The minimum absolute atomic E-state index is 0. The molecule has 2 bridgehead atoms. The van der Waals surface area contributed by atoms with Gasteiger partial charge in [0.15, 0.2) is 17.3 Å². The summed E-state index contributed by atoms with van der Waals surface area (Å²) >= 11 is 0. The quantitative estimate of drug-likeness (QED) is 0.831. The third kappa shape index (κ3) is 4.13. The molecule has 142 valence electrons. The van der Waals surface area contributed by atoms with Crippen molar-refractivity contribution in [3.05, 3.63) is 35.5 Å². The summed E-state index contributed by atoms with van der Waals surface area (Å²) in [4.78, 5) is 4.60. The maximum atomic E-state index is 5.49. The Bertz CT molecular complexity index is 725. The van der Waals surface area contributed by atoms with Gasteiger partial charge in [-0.25, -0.2) is 0 Å². The van der Waals surface area contributed by atoms with Gasteiger partial charge in [-0.1, -0.05) is 11.2 Å². The molecule has 0 spiro atoms. The predicted octanol–water partition coefficient (Wildman–Crippen LogP) is 3.17. The van der Waals surface area contributed by atoms with Crippen LogP contribution < -0.4 is 14.8 Å². The number of hydrogen-bond acceptors (Lipinski definition) is 6. The average Bonchev–Trinajstić information content (AvgIpc) is 3.20. The lowest BCUT2D eigenvalue weighted by atomic mass is 9.90. The van der Waals surface area contributed by atoms with E-state index in [0.717, 1.165) is 29.4 Å². The number of methoxy groups -OCH3 is 2. The molecule has 2 unspecified atom stereocenters. The zero-order chi connectivity index (χ0) is 17.2. The number of rotatable bonds is 6. The summed E-state index contributed by atoms with van der Waals surface area (Å²) in [7, 11) is 3.27. The van der Waals surface area contributed by atoms with Crippen molar-refractivity contribution in [2.75, 3.05) is 14.2 Å². The van der Waals surface area contributed by atoms with Crippen LogP contribution in [0.4, 0.5) is 0 Å². The summed E-state index contributed by atoms with van der Waals surface area (Å²) in [5, 5.41) is 7.83. The summed E-state index contributed by atoms with van der Waals surface area (Å²) in [6, 6.07) is 7.25. The predicted molar refractivity (Wildman–Crippen MR) is 100 cm³/mol. The molecule has 0 radical (unpaired) electrons. The molecule has 1 aromatic heterocycles. The fourth-order valence-electron chi connectivity index (χ4n) is 4.21. The van der Waals surface area contributed by atoms with E-state index in [4.69, 9.17) is 14.0 Å². The molecule has 2 saturated heterocycles. The first-order valence-electron chi connectivity index (χ1n) is 9.02. The molecule has 4 rings (SSSR count). The van der Waals surface area contributed by atoms with Crippen LogP contribution in [0.3, 0.4) is 0 Å². The van der Waals surface area contributed by atoms with Gasteiger partial charge in [0.1, 0.15) is 0 Å². The number of nitrogens with one attached hydrogen (secondary N) is 1. The highest BCUT2D eigenvalue weighted by atomic mass is 35.5. The standard InChI is InChI=1S/C19H25N3O3.ClH/c1-23-16-6-3-12(9-17(16)24-2)10-18-21-19(25-22-18)11-13-7-14-4-5-15(8-13)20-14;/h3,6,9,13-15,20H,4-5,7-8,10-11H2,1-2H3;1H. The molecule has 0 aliphatic carbocycles. The Morgan fingerprint density at radius 1 is 1.12 bits per heavy atom. The molecule has 3 heterocycles. The maximum Gasteiger partial charge on any atom is 0.226 e. The zero-order valence-electron chi connectivity index (χ0n) is 15.2. The number of nitrogens with zero attached hydrogens (tertiary/aromatic N) is 2. The van der Waals surface area contributed by atoms with Crippen molar-refractivity contribution in [2.45, 2.75) is 50.6 Å². The van der Waals surface area contributed by atoms with Gasteiger partial charge in [0, 0.05) is 24.9 Å². The van der Waals surface area contributed by atoms with E-state index in [1.807, 2.05) is 18.2 Å². The van der Waals surface area contributed by atoms with Crippen LogP contribution in [0, 0.1) is 5.92 Å². The molecule has 2 aliphatic heterocycles. The summed E-state index contributed by atoms with van der Waals surface area (Å²) in [6.07, 6.45) is 6.60. The van der Waals surface area contributed by atoms with Crippen molar-refractivity contribution < 1.29 is 14.0 Å². The second-order valence-corrected chi connectivity index (χ2v) is 7.15. The van der Waals surface area contributed by atoms with E-state index in [2.05, 4.69) is 15.5 Å². The van der Waals surface area contributed by atoms with E-state index in [1.165, 1.54) is 25.7 Å². The Kier molecular flexibility index (Phi) is 6.04. The molecule has 1 N–H and O–H groups in total. The minimum atomic E-state index is 0. The Morgan fingerprint density at radius 3 is 2.54 bits per heavy atom. The van der Waals surface area contributed by atoms with Crippen LogP contribution in [0.25, 0.3) is 0 Å². The molecule has 26 heavy (non-hydrogen) atoms. The van der Waals surface area contributed by atoms with E-state index in [1.54, 1.807) is 14.2 Å². The lowest BCUT2D eigenvalue weighted by Crippen LogP contribution is -2.38. The molecule has 1 aromatic carbocycles. The maximum absolute atomic E-state index is 5.49. The van der Waals surface area contributed by atoms with E-state index >= 15 is 0 Å². The fourth-order valence-corrected chi connectivity index (χ4v) is 4.21. The van der Waals surface area contributed by atoms with Crippen molar-refractivity contribution >= 4 is 12.4 Å². The molecule has 2 aliphatic rings. The van der Waals surface area contributed by atoms with E-state index < -0.39 is 0 Å². The van der Waals surface area contributed by atoms with Crippen LogP contribution >= 0.6 is 12.4 Å². The Hall–Kier alpha value is -1.79. The summed E-state index contributed by atoms with van der Waals surface area (Å²) in [6.45, 7) is 0. The number of halogens is 1. The van der Waals surface area contributed by atoms with Gasteiger partial charge in [0.2, 0.25) is 5.89 Å². The minimum Gasteiger partial charge on any atom is -0.493 e. The van der Waals surface area contributed by atoms with Gasteiger partial charge in [0.25, 0.3) is 0 Å². The zero-order valence-corrected chi connectivity index (χ0v) is 16.1. The van der Waals surface area contributed by atoms with Crippen LogP contribution in [0.1, 0.15) is 43.0 Å². The first-order valence-corrected chi connectivity index (χ1v) is 9.02. The first kappa shape index (κ1) is 19.0. The molecular formula is C19H26ClN3O3. The van der Waals surface area contributed by atoms with Crippen LogP contribution in [0.5, 0.6) is 11.5 Å². The van der Waals surface area contributed by atoms with Gasteiger partial charge in [0.05, 0.1) is 14.2 Å². The van der Waals surface area contributed by atoms with Crippen molar-refractivity contribution in [3.8, 4) is 11.5 Å². The number of benzene rings is 1. The van der Waals surface area contributed by atoms with Crippen molar-refractivity contribution in [3.63, 3.8) is 0 Å². The van der Waals surface area contributed by atoms with Crippen LogP contribution in [-0.2, 0) is 12.8 Å². The molecule has 2 aromatic rings. The van der Waals surface area contributed by atoms with Crippen LogP contribution in [0.2, 0.25) is 0 Å². The first-order chi connectivity index (χ1) is 12.2. The van der Waals surface area contributed by atoms with Crippen molar-refractivity contribution in [1.82, 2.24) is 15.5 Å². The molecular weight excluding hydrogens is 354 g/mol. The number of aromatic nitrogens is 2. The highest BCUT2D eigenvalue weighted by molar-refractivity contribution is 5.85. The van der Waals surface area contributed by atoms with Gasteiger partial charge in [-0.3, -0.25) is 0 Å². The van der Waals surface area contributed by atoms with Crippen LogP contribution in [0.15, 0.2) is 22.7 Å². The monoisotopic (exact) mass is 379 g/mol. The van der Waals surface area contributed by atoms with Gasteiger partial charge >= 0.3 is 0 Å². The smallest absolute Gasteiger partial charge is 0.226 e. The third-order valence-corrected chi connectivity index (χ3v) is 5.35. The van der Waals surface area contributed by atoms with E-state index in [-0.39, 0.29) is 12.4 Å². The number of ether oxygens (including phenoxy) is 2.